The summed E-state index contributed by atoms with van der Waals surface area (Å²) < 4.78 is 10.9. The molecular formula is C19H35NO6. The second-order valence-corrected chi connectivity index (χ2v) is 8.43. The van der Waals surface area contributed by atoms with E-state index >= 15 is 0 Å². The highest BCUT2D eigenvalue weighted by atomic mass is 16.6. The fraction of sp³-hybridized carbons (Fsp3) is 0.842. The highest BCUT2D eigenvalue weighted by Crippen LogP contribution is 2.49. The van der Waals surface area contributed by atoms with Gasteiger partial charge in [0.1, 0.15) is 18.1 Å². The van der Waals surface area contributed by atoms with Gasteiger partial charge in [0, 0.05) is 18.9 Å². The van der Waals surface area contributed by atoms with Crippen molar-refractivity contribution in [2.24, 2.45) is 16.7 Å². The lowest BCUT2D eigenvalue weighted by atomic mass is 9.59. The molecule has 7 heteroatoms. The summed E-state index contributed by atoms with van der Waals surface area (Å²) in [6, 6.07) is 0. The zero-order valence-corrected chi connectivity index (χ0v) is 17.6. The summed E-state index contributed by atoms with van der Waals surface area (Å²) in [7, 11) is 3.70. The molecular weight excluding hydrogens is 338 g/mol. The van der Waals surface area contributed by atoms with Crippen molar-refractivity contribution in [2.75, 3.05) is 27.2 Å². The van der Waals surface area contributed by atoms with E-state index < -0.39 is 40.3 Å². The number of rotatable bonds is 9. The van der Waals surface area contributed by atoms with E-state index in [1.54, 1.807) is 41.5 Å². The van der Waals surface area contributed by atoms with Crippen molar-refractivity contribution in [3.63, 3.8) is 0 Å². The number of carboxylic acids is 1. The van der Waals surface area contributed by atoms with Crippen LogP contribution in [-0.2, 0) is 23.9 Å². The molecule has 0 spiro atoms. The molecule has 0 aliphatic rings. The largest absolute Gasteiger partial charge is 0.481 e. The Hall–Kier alpha value is -1.63. The van der Waals surface area contributed by atoms with Crippen LogP contribution in [0.15, 0.2) is 0 Å². The van der Waals surface area contributed by atoms with E-state index in [1.807, 2.05) is 19.0 Å². The van der Waals surface area contributed by atoms with E-state index in [9.17, 15) is 19.5 Å². The van der Waals surface area contributed by atoms with E-state index in [4.69, 9.17) is 9.47 Å². The Morgan fingerprint density at radius 3 is 1.88 bits per heavy atom. The fourth-order valence-corrected chi connectivity index (χ4v) is 3.01. The van der Waals surface area contributed by atoms with Gasteiger partial charge in [-0.05, 0) is 34.4 Å². The van der Waals surface area contributed by atoms with Gasteiger partial charge < -0.3 is 19.5 Å². The molecule has 0 aliphatic carbocycles. The van der Waals surface area contributed by atoms with Crippen LogP contribution in [0.2, 0.25) is 0 Å². The van der Waals surface area contributed by atoms with Crippen LogP contribution in [0, 0.1) is 16.7 Å². The molecule has 7 nitrogen and oxygen atoms in total. The number of carboxylic acid groups (broad SMARTS) is 1. The van der Waals surface area contributed by atoms with Gasteiger partial charge in [-0.2, -0.15) is 0 Å². The van der Waals surface area contributed by atoms with E-state index in [0.717, 1.165) is 0 Å². The average molecular weight is 373 g/mol. The minimum atomic E-state index is -1.41. The van der Waals surface area contributed by atoms with E-state index in [2.05, 4.69) is 0 Å². The van der Waals surface area contributed by atoms with Gasteiger partial charge in [-0.3, -0.25) is 14.4 Å². The lowest BCUT2D eigenvalue weighted by Gasteiger charge is -2.49. The van der Waals surface area contributed by atoms with Gasteiger partial charge in [0.15, 0.2) is 0 Å². The highest BCUT2D eigenvalue weighted by Gasteiger charge is 2.60. The van der Waals surface area contributed by atoms with Gasteiger partial charge >= 0.3 is 17.9 Å². The Labute approximate surface area is 157 Å². The monoisotopic (exact) mass is 373 g/mol. The highest BCUT2D eigenvalue weighted by molar-refractivity contribution is 5.85. The predicted octanol–water partition coefficient (Wildman–Crippen LogP) is 2.58. The maximum absolute atomic E-state index is 12.8. The molecule has 0 aromatic rings. The smallest absolute Gasteiger partial charge is 0.312 e. The van der Waals surface area contributed by atoms with Crippen molar-refractivity contribution in [3.05, 3.63) is 0 Å². The molecule has 0 radical (unpaired) electrons. The number of carbonyl (C=O) groups excluding carboxylic acids is 2. The molecule has 0 heterocycles. The number of esters is 2. The topological polar surface area (TPSA) is 93.1 Å². The molecule has 3 atom stereocenters. The second kappa shape index (κ2) is 8.84. The summed E-state index contributed by atoms with van der Waals surface area (Å²) in [6.45, 7) is 12.2. The quantitative estimate of drug-likeness (QED) is 0.621. The Kier molecular flexibility index (Phi) is 8.29. The third-order valence-corrected chi connectivity index (χ3v) is 5.25. The van der Waals surface area contributed by atoms with Gasteiger partial charge in [-0.25, -0.2) is 0 Å². The number of nitrogens with zero attached hydrogens (tertiary/aromatic N) is 1. The SMILES string of the molecule is CCC(C)(C(=O)OCCN(C)C)C(C(=O)O)C(C)(OC(C)=O)C(C)(C)C. The molecule has 3 unspecified atom stereocenters. The third-order valence-electron chi connectivity index (χ3n) is 5.25. The first-order valence-electron chi connectivity index (χ1n) is 8.87. The molecule has 1 N–H and O–H groups in total. The summed E-state index contributed by atoms with van der Waals surface area (Å²) >= 11 is 0. The molecule has 0 aromatic heterocycles. The van der Waals surface area contributed by atoms with E-state index in [0.29, 0.717) is 6.54 Å². The summed E-state index contributed by atoms with van der Waals surface area (Å²) in [6.07, 6.45) is 0.234. The van der Waals surface area contributed by atoms with Gasteiger partial charge in [-0.15, -0.1) is 0 Å². The zero-order chi connectivity index (χ0) is 20.9. The average Bonchev–Trinajstić information content (AvgIpc) is 2.43. The van der Waals surface area contributed by atoms with E-state index in [1.165, 1.54) is 6.92 Å². The zero-order valence-electron chi connectivity index (χ0n) is 17.6. The number of hydrogen-bond donors (Lipinski definition) is 1. The first kappa shape index (κ1) is 24.4. The molecule has 152 valence electrons. The number of aliphatic carboxylic acids is 1. The molecule has 0 bridgehead atoms. The third kappa shape index (κ3) is 5.43. The number of hydrogen-bond acceptors (Lipinski definition) is 6. The molecule has 0 rings (SSSR count). The summed E-state index contributed by atoms with van der Waals surface area (Å²) in [5.74, 6) is -3.65. The van der Waals surface area contributed by atoms with Crippen molar-refractivity contribution in [1.82, 2.24) is 4.90 Å². The van der Waals surface area contributed by atoms with Crippen LogP contribution in [0.25, 0.3) is 0 Å². The van der Waals surface area contributed by atoms with Crippen LogP contribution in [-0.4, -0.2) is 60.8 Å². The molecule has 0 amide bonds. The second-order valence-electron chi connectivity index (χ2n) is 8.43. The van der Waals surface area contributed by atoms with Crippen molar-refractivity contribution >= 4 is 17.9 Å². The Bertz CT molecular complexity index is 525. The van der Waals surface area contributed by atoms with Crippen molar-refractivity contribution in [1.29, 1.82) is 0 Å². The maximum atomic E-state index is 12.8. The Morgan fingerprint density at radius 2 is 1.58 bits per heavy atom. The first-order valence-corrected chi connectivity index (χ1v) is 8.87. The van der Waals surface area contributed by atoms with E-state index in [-0.39, 0.29) is 13.0 Å². The Morgan fingerprint density at radius 1 is 1.08 bits per heavy atom. The molecule has 0 fully saturated rings. The van der Waals surface area contributed by atoms with Gasteiger partial charge in [0.25, 0.3) is 0 Å². The molecule has 0 aromatic carbocycles. The van der Waals surface area contributed by atoms with Gasteiger partial charge in [0.2, 0.25) is 0 Å². The summed E-state index contributed by atoms with van der Waals surface area (Å²) in [4.78, 5) is 38.7. The molecule has 0 saturated heterocycles. The normalized spacial score (nSPS) is 17.8. The predicted molar refractivity (Wildman–Crippen MR) is 98.7 cm³/mol. The van der Waals surface area contributed by atoms with Crippen LogP contribution in [0.5, 0.6) is 0 Å². The molecule has 0 saturated carbocycles. The van der Waals surface area contributed by atoms with Gasteiger partial charge in [0.05, 0.1) is 5.41 Å². The molecule has 0 aliphatic heterocycles. The standard InChI is InChI=1S/C19H35NO6/c1-10-18(6,16(24)25-12-11-20(8)9)14(15(22)23)19(7,17(3,4)5)26-13(2)21/h14H,10-12H2,1-9H3,(H,22,23). The lowest BCUT2D eigenvalue weighted by Crippen LogP contribution is -2.60. The number of likely N-dealkylation sites (N-methyl/N-ethyl adjacent to an activating group) is 1. The minimum Gasteiger partial charge on any atom is -0.481 e. The van der Waals surface area contributed by atoms with Crippen LogP contribution >= 0.6 is 0 Å². The fourth-order valence-electron chi connectivity index (χ4n) is 3.01. The maximum Gasteiger partial charge on any atom is 0.312 e. The van der Waals surface area contributed by atoms with Crippen molar-refractivity contribution in [2.45, 2.75) is 60.5 Å². The van der Waals surface area contributed by atoms with Crippen LogP contribution in [0.1, 0.15) is 54.9 Å². The summed E-state index contributed by atoms with van der Waals surface area (Å²) in [5, 5.41) is 10.0. The first-order chi connectivity index (χ1) is 11.6. The number of carbonyl (C=O) groups is 3. The minimum absolute atomic E-state index is 0.160. The lowest BCUT2D eigenvalue weighted by molar-refractivity contribution is -0.206. The van der Waals surface area contributed by atoms with Crippen LogP contribution < -0.4 is 0 Å². The van der Waals surface area contributed by atoms with Gasteiger partial charge in [-0.1, -0.05) is 27.7 Å². The Balaban J connectivity index is 6.07. The van der Waals surface area contributed by atoms with Crippen LogP contribution in [0.4, 0.5) is 0 Å². The number of ether oxygens (including phenoxy) is 2. The van der Waals surface area contributed by atoms with Crippen molar-refractivity contribution in [3.8, 4) is 0 Å². The summed E-state index contributed by atoms with van der Waals surface area (Å²) in [5.41, 5.74) is -3.48. The van der Waals surface area contributed by atoms with Crippen molar-refractivity contribution < 1.29 is 29.0 Å². The van der Waals surface area contributed by atoms with Crippen LogP contribution in [0.3, 0.4) is 0 Å². The molecule has 26 heavy (non-hydrogen) atoms.